The predicted molar refractivity (Wildman–Crippen MR) is 281 cm³/mol. The molecule has 0 aliphatic carbocycles. The number of unbranched alkanes of at least 4 members (excludes halogenated alkanes) is 26. The number of nitrogens with one attached hydrogen (secondary N) is 1. The van der Waals surface area contributed by atoms with Crippen LogP contribution in [0.3, 0.4) is 0 Å². The van der Waals surface area contributed by atoms with Gasteiger partial charge in [0.1, 0.15) is 24.4 Å². The summed E-state index contributed by atoms with van der Waals surface area (Å²) in [6, 6.07) is -0.803. The molecular formula is C58H103NO8. The van der Waals surface area contributed by atoms with Crippen LogP contribution in [0.2, 0.25) is 0 Å². The van der Waals surface area contributed by atoms with E-state index in [1.807, 2.05) is 6.08 Å². The van der Waals surface area contributed by atoms with E-state index in [-0.39, 0.29) is 12.5 Å². The van der Waals surface area contributed by atoms with E-state index in [2.05, 4.69) is 79.9 Å². The fraction of sp³-hybridized carbons (Fsp3) is 0.776. The summed E-state index contributed by atoms with van der Waals surface area (Å²) in [5, 5.41) is 54.2. The lowest BCUT2D eigenvalue weighted by atomic mass is 9.99. The maximum atomic E-state index is 13.0. The zero-order chi connectivity index (χ0) is 48.7. The largest absolute Gasteiger partial charge is 0.394 e. The highest BCUT2D eigenvalue weighted by Gasteiger charge is 2.44. The minimum absolute atomic E-state index is 0.179. The van der Waals surface area contributed by atoms with E-state index in [4.69, 9.17) is 9.47 Å². The van der Waals surface area contributed by atoms with Crippen LogP contribution in [0.15, 0.2) is 72.9 Å². The molecule has 1 amide bonds. The van der Waals surface area contributed by atoms with Crippen molar-refractivity contribution in [3.8, 4) is 0 Å². The Balaban J connectivity index is 2.06. The molecule has 0 aromatic rings. The molecule has 0 spiro atoms. The first-order valence-electron chi connectivity index (χ1n) is 27.7. The lowest BCUT2D eigenvalue weighted by molar-refractivity contribution is -0.302. The Morgan fingerprint density at radius 1 is 0.522 bits per heavy atom. The third kappa shape index (κ3) is 37.2. The van der Waals surface area contributed by atoms with Crippen LogP contribution in [-0.4, -0.2) is 87.5 Å². The third-order valence-corrected chi connectivity index (χ3v) is 12.8. The molecule has 1 aliphatic heterocycles. The molecule has 0 aromatic carbocycles. The summed E-state index contributed by atoms with van der Waals surface area (Å²) in [5.41, 5.74) is 0. The van der Waals surface area contributed by atoms with Crippen molar-refractivity contribution < 1.29 is 39.8 Å². The molecule has 1 fully saturated rings. The van der Waals surface area contributed by atoms with Crippen LogP contribution in [0.4, 0.5) is 0 Å². The summed E-state index contributed by atoms with van der Waals surface area (Å²) in [7, 11) is 0. The van der Waals surface area contributed by atoms with Gasteiger partial charge in [-0.1, -0.05) is 234 Å². The molecule has 0 bridgehead atoms. The molecule has 1 aliphatic rings. The van der Waals surface area contributed by atoms with Crippen molar-refractivity contribution in [3.63, 3.8) is 0 Å². The summed E-state index contributed by atoms with van der Waals surface area (Å²) >= 11 is 0. The van der Waals surface area contributed by atoms with Gasteiger partial charge in [0.15, 0.2) is 6.29 Å². The summed E-state index contributed by atoms with van der Waals surface area (Å²) in [6.45, 7) is 3.63. The van der Waals surface area contributed by atoms with E-state index in [1.54, 1.807) is 6.08 Å². The molecule has 388 valence electrons. The van der Waals surface area contributed by atoms with Gasteiger partial charge in [-0.2, -0.15) is 0 Å². The van der Waals surface area contributed by atoms with E-state index in [0.717, 1.165) is 70.6 Å². The first-order valence-corrected chi connectivity index (χ1v) is 27.7. The molecule has 67 heavy (non-hydrogen) atoms. The van der Waals surface area contributed by atoms with Crippen molar-refractivity contribution in [1.82, 2.24) is 5.32 Å². The average molecular weight is 942 g/mol. The average Bonchev–Trinajstić information content (AvgIpc) is 3.33. The monoisotopic (exact) mass is 942 g/mol. The molecule has 1 rings (SSSR count). The highest BCUT2D eigenvalue weighted by molar-refractivity contribution is 5.76. The highest BCUT2D eigenvalue weighted by Crippen LogP contribution is 2.23. The van der Waals surface area contributed by atoms with Gasteiger partial charge in [-0.05, 0) is 64.2 Å². The lowest BCUT2D eigenvalue weighted by Crippen LogP contribution is -2.60. The Morgan fingerprint density at radius 2 is 0.925 bits per heavy atom. The smallest absolute Gasteiger partial charge is 0.220 e. The van der Waals surface area contributed by atoms with Crippen molar-refractivity contribution in [2.45, 2.75) is 275 Å². The van der Waals surface area contributed by atoms with E-state index >= 15 is 0 Å². The van der Waals surface area contributed by atoms with E-state index in [1.165, 1.54) is 141 Å². The van der Waals surface area contributed by atoms with Crippen molar-refractivity contribution in [2.75, 3.05) is 13.2 Å². The van der Waals surface area contributed by atoms with Crippen LogP contribution in [-0.2, 0) is 14.3 Å². The van der Waals surface area contributed by atoms with Gasteiger partial charge in [0, 0.05) is 6.42 Å². The minimum atomic E-state index is -1.57. The third-order valence-electron chi connectivity index (χ3n) is 12.8. The van der Waals surface area contributed by atoms with Crippen LogP contribution >= 0.6 is 0 Å². The number of aliphatic hydroxyl groups is 5. The first kappa shape index (κ1) is 62.6. The molecule has 9 heteroatoms. The number of rotatable bonds is 46. The number of allylic oxidation sites excluding steroid dienone is 11. The van der Waals surface area contributed by atoms with Crippen molar-refractivity contribution in [3.05, 3.63) is 72.9 Å². The van der Waals surface area contributed by atoms with E-state index in [9.17, 15) is 30.3 Å². The number of hydrogen-bond acceptors (Lipinski definition) is 8. The Labute approximate surface area is 410 Å². The minimum Gasteiger partial charge on any atom is -0.394 e. The van der Waals surface area contributed by atoms with Gasteiger partial charge in [-0.15, -0.1) is 0 Å². The first-order chi connectivity index (χ1) is 32.8. The van der Waals surface area contributed by atoms with Crippen molar-refractivity contribution in [2.24, 2.45) is 0 Å². The summed E-state index contributed by atoms with van der Waals surface area (Å²) < 4.78 is 11.2. The second-order valence-electron chi connectivity index (χ2n) is 19.0. The SMILES string of the molecule is CC/C=C\C/C=C\C/C=C\C/C=C\C/C=C\CCCCCCCCCCCCCCCCCCCCCC(=O)NC(COC1OC(CO)C(O)C(O)C1O)C(O)/C=C/CCCCCCCCC. The summed E-state index contributed by atoms with van der Waals surface area (Å²) in [4.78, 5) is 13.0. The number of ether oxygens (including phenoxy) is 2. The molecule has 1 saturated heterocycles. The lowest BCUT2D eigenvalue weighted by Gasteiger charge is -2.40. The molecule has 0 aromatic heterocycles. The molecule has 9 nitrogen and oxygen atoms in total. The van der Waals surface area contributed by atoms with Crippen LogP contribution in [0.5, 0.6) is 0 Å². The Hall–Kier alpha value is -2.37. The Kier molecular flexibility index (Phi) is 44.2. The summed E-state index contributed by atoms with van der Waals surface area (Å²) in [5.74, 6) is -0.179. The zero-order valence-electron chi connectivity index (χ0n) is 42.9. The maximum absolute atomic E-state index is 13.0. The molecule has 7 atom stereocenters. The number of hydrogen-bond donors (Lipinski definition) is 6. The molecule has 6 N–H and O–H groups in total. The highest BCUT2D eigenvalue weighted by atomic mass is 16.7. The van der Waals surface area contributed by atoms with Crippen LogP contribution in [0.25, 0.3) is 0 Å². The Morgan fingerprint density at radius 3 is 1.37 bits per heavy atom. The van der Waals surface area contributed by atoms with Gasteiger partial charge in [0.05, 0.1) is 25.4 Å². The molecular weight excluding hydrogens is 839 g/mol. The van der Waals surface area contributed by atoms with Gasteiger partial charge in [-0.25, -0.2) is 0 Å². The van der Waals surface area contributed by atoms with E-state index < -0.39 is 49.5 Å². The maximum Gasteiger partial charge on any atom is 0.220 e. The molecule has 7 unspecified atom stereocenters. The second-order valence-corrected chi connectivity index (χ2v) is 19.0. The quantitative estimate of drug-likeness (QED) is 0.0261. The van der Waals surface area contributed by atoms with Crippen molar-refractivity contribution >= 4 is 5.91 Å². The summed E-state index contributed by atoms with van der Waals surface area (Å²) in [6.07, 6.45) is 58.5. The van der Waals surface area contributed by atoms with Gasteiger partial charge in [-0.3, -0.25) is 4.79 Å². The fourth-order valence-electron chi connectivity index (χ4n) is 8.42. The van der Waals surface area contributed by atoms with Gasteiger partial charge >= 0.3 is 0 Å². The topological polar surface area (TPSA) is 149 Å². The van der Waals surface area contributed by atoms with Gasteiger partial charge in [0.2, 0.25) is 5.91 Å². The number of carbonyl (C=O) groups is 1. The predicted octanol–water partition coefficient (Wildman–Crippen LogP) is 13.3. The van der Waals surface area contributed by atoms with Gasteiger partial charge in [0.25, 0.3) is 0 Å². The van der Waals surface area contributed by atoms with Crippen LogP contribution < -0.4 is 5.32 Å². The normalized spacial score (nSPS) is 20.3. The van der Waals surface area contributed by atoms with Crippen LogP contribution in [0.1, 0.15) is 232 Å². The van der Waals surface area contributed by atoms with Gasteiger partial charge < -0.3 is 40.3 Å². The standard InChI is InChI=1S/C58H103NO8/c1-3-5-7-9-11-13-14-15-16-17-18-19-20-21-22-23-24-25-26-27-28-29-30-31-32-33-34-35-36-37-38-40-42-44-46-48-54(62)59-51(52(61)47-45-43-41-39-12-10-8-6-4-2)50-66-58-57(65)56(64)55(63)53(49-60)67-58/h5,7,11,13,15-16,18-19,21-22,45,47,51-53,55-58,60-61,63-65H,3-4,6,8-10,12,14,17,20,23-44,46,48-50H2,1-2H3,(H,59,62)/b7-5-,13-11-,16-15-,19-18-,22-21-,47-45+. The molecule has 1 heterocycles. The second kappa shape index (κ2) is 47.3. The molecule has 0 radical (unpaired) electrons. The van der Waals surface area contributed by atoms with Crippen molar-refractivity contribution in [1.29, 1.82) is 0 Å². The number of amides is 1. The number of carbonyl (C=O) groups excluding carboxylic acids is 1. The van der Waals surface area contributed by atoms with Crippen LogP contribution in [0, 0.1) is 0 Å². The zero-order valence-corrected chi connectivity index (χ0v) is 42.9. The molecule has 0 saturated carbocycles. The van der Waals surface area contributed by atoms with E-state index in [0.29, 0.717) is 6.42 Å². The Bertz CT molecular complexity index is 1280. The number of aliphatic hydroxyl groups excluding tert-OH is 5. The fourth-order valence-corrected chi connectivity index (χ4v) is 8.42.